The molecule has 0 heterocycles. The van der Waals surface area contributed by atoms with Crippen LogP contribution in [0.3, 0.4) is 0 Å². The first-order valence-electron chi connectivity index (χ1n) is 6.33. The second kappa shape index (κ2) is 6.68. The van der Waals surface area contributed by atoms with E-state index in [9.17, 15) is 18.0 Å². The number of carboxylic acids is 1. The molecule has 0 fully saturated rings. The van der Waals surface area contributed by atoms with Crippen molar-refractivity contribution >= 4 is 21.9 Å². The number of aromatic carboxylic acids is 1. The first-order chi connectivity index (χ1) is 9.70. The lowest BCUT2D eigenvalue weighted by Crippen LogP contribution is -2.44. The van der Waals surface area contributed by atoms with E-state index in [-0.39, 0.29) is 16.0 Å². The molecule has 0 bridgehead atoms. The second-order valence-corrected chi connectivity index (χ2v) is 6.15. The molecule has 0 spiro atoms. The lowest BCUT2D eigenvalue weighted by atomic mass is 10.1. The van der Waals surface area contributed by atoms with Crippen LogP contribution in [0.1, 0.15) is 29.8 Å². The van der Waals surface area contributed by atoms with Crippen molar-refractivity contribution in [2.24, 2.45) is 0 Å². The molecular weight excluding hydrogens is 296 g/mol. The number of amides is 1. The number of rotatable bonds is 6. The lowest BCUT2D eigenvalue weighted by molar-refractivity contribution is -0.122. The Bertz CT molecular complexity index is 655. The maximum absolute atomic E-state index is 12.3. The summed E-state index contributed by atoms with van der Waals surface area (Å²) in [5.41, 5.74) is 0.0316. The topological polar surface area (TPSA) is 113 Å². The van der Waals surface area contributed by atoms with E-state index in [0.717, 1.165) is 0 Å². The summed E-state index contributed by atoms with van der Waals surface area (Å²) < 4.78 is 26.8. The number of nitrogens with one attached hydrogen (secondary N) is 2. The van der Waals surface area contributed by atoms with Crippen molar-refractivity contribution in [3.63, 3.8) is 0 Å². The number of carbonyl (C=O) groups is 2. The first kappa shape index (κ1) is 17.1. The third-order valence-corrected chi connectivity index (χ3v) is 4.57. The molecule has 0 aliphatic carbocycles. The predicted molar refractivity (Wildman–Crippen MR) is 76.6 cm³/mol. The monoisotopic (exact) mass is 314 g/mol. The van der Waals surface area contributed by atoms with E-state index < -0.39 is 27.9 Å². The van der Waals surface area contributed by atoms with Gasteiger partial charge in [0.15, 0.2) is 0 Å². The van der Waals surface area contributed by atoms with E-state index in [0.29, 0.717) is 6.54 Å². The van der Waals surface area contributed by atoms with Gasteiger partial charge in [0, 0.05) is 6.54 Å². The van der Waals surface area contributed by atoms with E-state index in [1.54, 1.807) is 6.92 Å². The molecular formula is C13H18N2O5S. The molecule has 0 radical (unpaired) electrons. The molecule has 3 N–H and O–H groups in total. The average molecular weight is 314 g/mol. The molecule has 0 aliphatic heterocycles. The van der Waals surface area contributed by atoms with Crippen LogP contribution < -0.4 is 10.0 Å². The van der Waals surface area contributed by atoms with Crippen molar-refractivity contribution in [3.8, 4) is 0 Å². The number of carboxylic acid groups (broad SMARTS) is 1. The van der Waals surface area contributed by atoms with E-state index in [2.05, 4.69) is 10.0 Å². The standard InChI is InChI=1S/C13H18N2O5S/c1-4-14-12(16)9(3)15-21(19,20)11-7-5-6-10(8(11)2)13(17)18/h5-7,9,15H,4H2,1-3H3,(H,14,16)(H,17,18). The predicted octanol–water partition coefficient (Wildman–Crippen LogP) is 0.496. The minimum Gasteiger partial charge on any atom is -0.478 e. The highest BCUT2D eigenvalue weighted by Crippen LogP contribution is 2.19. The average Bonchev–Trinajstić information content (AvgIpc) is 2.38. The van der Waals surface area contributed by atoms with Gasteiger partial charge in [-0.25, -0.2) is 13.2 Å². The lowest BCUT2D eigenvalue weighted by Gasteiger charge is -2.15. The molecule has 0 saturated heterocycles. The highest BCUT2D eigenvalue weighted by molar-refractivity contribution is 7.89. The summed E-state index contributed by atoms with van der Waals surface area (Å²) in [4.78, 5) is 22.5. The van der Waals surface area contributed by atoms with Crippen LogP contribution in [0.25, 0.3) is 0 Å². The summed E-state index contributed by atoms with van der Waals surface area (Å²) in [5.74, 6) is -1.66. The van der Waals surface area contributed by atoms with Gasteiger partial charge in [0.1, 0.15) is 0 Å². The number of carbonyl (C=O) groups excluding carboxylic acids is 1. The molecule has 1 amide bonds. The zero-order chi connectivity index (χ0) is 16.2. The molecule has 1 atom stereocenters. The third-order valence-electron chi connectivity index (χ3n) is 2.88. The number of sulfonamides is 1. The van der Waals surface area contributed by atoms with Gasteiger partial charge in [0.05, 0.1) is 16.5 Å². The Morgan fingerprint density at radius 3 is 2.48 bits per heavy atom. The fraction of sp³-hybridized carbons (Fsp3) is 0.385. The Morgan fingerprint density at radius 2 is 1.95 bits per heavy atom. The quantitative estimate of drug-likeness (QED) is 0.707. The number of benzene rings is 1. The highest BCUT2D eigenvalue weighted by Gasteiger charge is 2.24. The SMILES string of the molecule is CCNC(=O)C(C)NS(=O)(=O)c1cccc(C(=O)O)c1C. The Hall–Kier alpha value is -1.93. The van der Waals surface area contributed by atoms with Gasteiger partial charge in [-0.3, -0.25) is 4.79 Å². The Morgan fingerprint density at radius 1 is 1.33 bits per heavy atom. The fourth-order valence-electron chi connectivity index (χ4n) is 1.81. The third kappa shape index (κ3) is 4.02. The number of hydrogen-bond donors (Lipinski definition) is 3. The largest absolute Gasteiger partial charge is 0.478 e. The smallest absolute Gasteiger partial charge is 0.335 e. The van der Waals surface area contributed by atoms with Crippen LogP contribution in [0.5, 0.6) is 0 Å². The van der Waals surface area contributed by atoms with Gasteiger partial charge in [-0.1, -0.05) is 6.07 Å². The molecule has 1 rings (SSSR count). The number of hydrogen-bond acceptors (Lipinski definition) is 4. The molecule has 1 aromatic rings. The van der Waals surface area contributed by atoms with Crippen molar-refractivity contribution < 1.29 is 23.1 Å². The van der Waals surface area contributed by atoms with Crippen LogP contribution >= 0.6 is 0 Å². The molecule has 7 nitrogen and oxygen atoms in total. The van der Waals surface area contributed by atoms with Crippen molar-refractivity contribution in [1.29, 1.82) is 0 Å². The van der Waals surface area contributed by atoms with Crippen LogP contribution in [-0.2, 0) is 14.8 Å². The van der Waals surface area contributed by atoms with Crippen molar-refractivity contribution in [2.45, 2.75) is 31.7 Å². The molecule has 0 saturated carbocycles. The molecule has 1 aromatic carbocycles. The Labute approximate surface area is 123 Å². The molecule has 0 aromatic heterocycles. The summed E-state index contributed by atoms with van der Waals surface area (Å²) in [6.07, 6.45) is 0. The van der Waals surface area contributed by atoms with Gasteiger partial charge in [-0.2, -0.15) is 4.72 Å². The number of likely N-dealkylation sites (N-methyl/N-ethyl adjacent to an activating group) is 1. The minimum absolute atomic E-state index is 0.0939. The maximum Gasteiger partial charge on any atom is 0.335 e. The van der Waals surface area contributed by atoms with Gasteiger partial charge >= 0.3 is 5.97 Å². The summed E-state index contributed by atoms with van der Waals surface area (Å²) in [6, 6.07) is 3.02. The van der Waals surface area contributed by atoms with Gasteiger partial charge in [-0.15, -0.1) is 0 Å². The van der Waals surface area contributed by atoms with Crippen molar-refractivity contribution in [3.05, 3.63) is 29.3 Å². The summed E-state index contributed by atoms with van der Waals surface area (Å²) in [7, 11) is -3.98. The molecule has 0 aliphatic rings. The van der Waals surface area contributed by atoms with Gasteiger partial charge < -0.3 is 10.4 Å². The first-order valence-corrected chi connectivity index (χ1v) is 7.82. The van der Waals surface area contributed by atoms with E-state index in [1.165, 1.54) is 32.0 Å². The fourth-order valence-corrected chi connectivity index (χ4v) is 3.28. The van der Waals surface area contributed by atoms with E-state index in [4.69, 9.17) is 5.11 Å². The normalized spacial score (nSPS) is 12.7. The van der Waals surface area contributed by atoms with E-state index >= 15 is 0 Å². The highest BCUT2D eigenvalue weighted by atomic mass is 32.2. The minimum atomic E-state index is -3.98. The maximum atomic E-state index is 12.3. The summed E-state index contributed by atoms with van der Waals surface area (Å²) in [5, 5.41) is 11.5. The van der Waals surface area contributed by atoms with E-state index in [1.807, 2.05) is 0 Å². The van der Waals surface area contributed by atoms with Crippen LogP contribution in [0.4, 0.5) is 0 Å². The zero-order valence-electron chi connectivity index (χ0n) is 12.0. The van der Waals surface area contributed by atoms with Crippen LogP contribution in [0.2, 0.25) is 0 Å². The van der Waals surface area contributed by atoms with Gasteiger partial charge in [-0.05, 0) is 38.5 Å². The molecule has 1 unspecified atom stereocenters. The Balaban J connectivity index is 3.12. The Kier molecular flexibility index (Phi) is 5.45. The van der Waals surface area contributed by atoms with Gasteiger partial charge in [0.2, 0.25) is 15.9 Å². The molecule has 116 valence electrons. The van der Waals surface area contributed by atoms with Crippen LogP contribution in [-0.4, -0.2) is 38.0 Å². The second-order valence-electron chi connectivity index (χ2n) is 4.47. The zero-order valence-corrected chi connectivity index (χ0v) is 12.8. The van der Waals surface area contributed by atoms with Crippen molar-refractivity contribution in [1.82, 2.24) is 10.0 Å². The van der Waals surface area contributed by atoms with Crippen LogP contribution in [0.15, 0.2) is 23.1 Å². The summed E-state index contributed by atoms with van der Waals surface area (Å²) in [6.45, 7) is 4.94. The van der Waals surface area contributed by atoms with Crippen molar-refractivity contribution in [2.75, 3.05) is 6.54 Å². The summed E-state index contributed by atoms with van der Waals surface area (Å²) >= 11 is 0. The molecule has 8 heteroatoms. The van der Waals surface area contributed by atoms with Crippen LogP contribution in [0, 0.1) is 6.92 Å². The molecule has 21 heavy (non-hydrogen) atoms. The van der Waals surface area contributed by atoms with Gasteiger partial charge in [0.25, 0.3) is 0 Å².